The van der Waals surface area contributed by atoms with E-state index in [1.807, 2.05) is 61.5 Å². The number of thiophene rings is 1. The topological polar surface area (TPSA) is 82.4 Å². The molecule has 4 rings (SSSR count). The summed E-state index contributed by atoms with van der Waals surface area (Å²) in [6.45, 7) is 3.84. The SMILES string of the molecule is COc1cccc(COC(C)C(=O)Nn2cnc3sc(C)c(-c4ccccc4)c3c2=O)c1. The van der Waals surface area contributed by atoms with Crippen LogP contribution in [0.3, 0.4) is 0 Å². The molecule has 0 saturated heterocycles. The number of methoxy groups -OCH3 is 1. The van der Waals surface area contributed by atoms with Gasteiger partial charge in [-0.15, -0.1) is 11.3 Å². The maximum absolute atomic E-state index is 13.2. The van der Waals surface area contributed by atoms with Gasteiger partial charge >= 0.3 is 0 Å². The standard InChI is InChI=1S/C24H23N3O4S/c1-15(31-13-17-8-7-11-19(12-17)30-3)22(28)26-27-14-25-23-21(24(27)29)20(16(2)32-23)18-9-5-4-6-10-18/h4-12,14-15H,13H2,1-3H3,(H,26,28). The number of aromatic nitrogens is 2. The molecule has 0 aliphatic carbocycles. The van der Waals surface area contributed by atoms with Crippen LogP contribution in [0.4, 0.5) is 0 Å². The Labute approximate surface area is 189 Å². The Morgan fingerprint density at radius 3 is 2.72 bits per heavy atom. The molecule has 164 valence electrons. The van der Waals surface area contributed by atoms with Crippen LogP contribution in [0.25, 0.3) is 21.3 Å². The first kappa shape index (κ1) is 21.7. The Morgan fingerprint density at radius 1 is 1.19 bits per heavy atom. The number of ether oxygens (including phenoxy) is 2. The molecular weight excluding hydrogens is 426 g/mol. The molecule has 32 heavy (non-hydrogen) atoms. The summed E-state index contributed by atoms with van der Waals surface area (Å²) < 4.78 is 12.0. The van der Waals surface area contributed by atoms with Crippen molar-refractivity contribution in [1.82, 2.24) is 9.66 Å². The zero-order valence-electron chi connectivity index (χ0n) is 18.0. The lowest BCUT2D eigenvalue weighted by Crippen LogP contribution is -2.38. The Hall–Kier alpha value is -3.49. The molecule has 2 aromatic carbocycles. The maximum Gasteiger partial charge on any atom is 0.281 e. The molecule has 0 fully saturated rings. The first-order valence-electron chi connectivity index (χ1n) is 10.1. The number of carbonyl (C=O) groups is 1. The number of fused-ring (bicyclic) bond motifs is 1. The van der Waals surface area contributed by atoms with Crippen molar-refractivity contribution in [3.63, 3.8) is 0 Å². The highest BCUT2D eigenvalue weighted by Gasteiger charge is 2.19. The average molecular weight is 450 g/mol. The number of carbonyl (C=O) groups excluding carboxylic acids is 1. The molecule has 2 aromatic heterocycles. The van der Waals surface area contributed by atoms with E-state index < -0.39 is 12.0 Å². The van der Waals surface area contributed by atoms with E-state index in [1.165, 1.54) is 17.7 Å². The number of amides is 1. The van der Waals surface area contributed by atoms with Crippen LogP contribution >= 0.6 is 11.3 Å². The van der Waals surface area contributed by atoms with Crippen LogP contribution in [-0.2, 0) is 16.1 Å². The van der Waals surface area contributed by atoms with E-state index in [0.29, 0.717) is 10.2 Å². The smallest absolute Gasteiger partial charge is 0.281 e. The number of aryl methyl sites for hydroxylation is 1. The van der Waals surface area contributed by atoms with E-state index in [1.54, 1.807) is 14.0 Å². The van der Waals surface area contributed by atoms with Crippen molar-refractivity contribution in [3.8, 4) is 16.9 Å². The Morgan fingerprint density at radius 2 is 1.97 bits per heavy atom. The molecule has 1 atom stereocenters. The molecule has 0 spiro atoms. The van der Waals surface area contributed by atoms with Gasteiger partial charge in [-0.2, -0.15) is 0 Å². The lowest BCUT2D eigenvalue weighted by atomic mass is 10.0. The minimum absolute atomic E-state index is 0.236. The predicted molar refractivity (Wildman–Crippen MR) is 126 cm³/mol. The second-order valence-electron chi connectivity index (χ2n) is 7.28. The first-order valence-corrected chi connectivity index (χ1v) is 10.9. The number of nitrogens with zero attached hydrogens (tertiary/aromatic N) is 2. The third kappa shape index (κ3) is 4.42. The number of nitrogens with one attached hydrogen (secondary N) is 1. The molecule has 0 bridgehead atoms. The minimum Gasteiger partial charge on any atom is -0.497 e. The van der Waals surface area contributed by atoms with Gasteiger partial charge in [-0.05, 0) is 37.1 Å². The third-order valence-corrected chi connectivity index (χ3v) is 6.10. The van der Waals surface area contributed by atoms with E-state index in [9.17, 15) is 9.59 Å². The van der Waals surface area contributed by atoms with Crippen LogP contribution < -0.4 is 15.7 Å². The zero-order chi connectivity index (χ0) is 22.7. The van der Waals surface area contributed by atoms with Crippen molar-refractivity contribution < 1.29 is 14.3 Å². The highest BCUT2D eigenvalue weighted by atomic mass is 32.1. The van der Waals surface area contributed by atoms with Crippen molar-refractivity contribution in [1.29, 1.82) is 0 Å². The van der Waals surface area contributed by atoms with Crippen LogP contribution in [0.15, 0.2) is 65.7 Å². The zero-order valence-corrected chi connectivity index (χ0v) is 18.8. The lowest BCUT2D eigenvalue weighted by Gasteiger charge is -2.15. The number of benzene rings is 2. The summed E-state index contributed by atoms with van der Waals surface area (Å²) >= 11 is 1.46. The Balaban J connectivity index is 1.54. The maximum atomic E-state index is 13.2. The molecule has 2 heterocycles. The van der Waals surface area contributed by atoms with Crippen molar-refractivity contribution in [2.45, 2.75) is 26.6 Å². The summed E-state index contributed by atoms with van der Waals surface area (Å²) in [6, 6.07) is 17.1. The summed E-state index contributed by atoms with van der Waals surface area (Å²) in [7, 11) is 1.59. The molecule has 7 nitrogen and oxygen atoms in total. The van der Waals surface area contributed by atoms with Gasteiger partial charge in [0.05, 0.1) is 19.1 Å². The largest absolute Gasteiger partial charge is 0.497 e. The van der Waals surface area contributed by atoms with Gasteiger partial charge in [0.25, 0.3) is 11.5 Å². The number of hydrogen-bond donors (Lipinski definition) is 1. The van der Waals surface area contributed by atoms with Crippen LogP contribution in [0.1, 0.15) is 17.4 Å². The summed E-state index contributed by atoms with van der Waals surface area (Å²) in [5, 5.41) is 0.492. The van der Waals surface area contributed by atoms with E-state index in [2.05, 4.69) is 10.4 Å². The van der Waals surface area contributed by atoms with Crippen molar-refractivity contribution in [2.75, 3.05) is 12.5 Å². The molecule has 0 saturated carbocycles. The summed E-state index contributed by atoms with van der Waals surface area (Å²) in [5.74, 6) is 0.277. The summed E-state index contributed by atoms with van der Waals surface area (Å²) in [6.07, 6.45) is 0.559. The second-order valence-corrected chi connectivity index (χ2v) is 8.48. The highest BCUT2D eigenvalue weighted by Crippen LogP contribution is 2.35. The van der Waals surface area contributed by atoms with Crippen molar-refractivity contribution >= 4 is 27.5 Å². The van der Waals surface area contributed by atoms with Gasteiger partial charge in [-0.3, -0.25) is 15.0 Å². The molecule has 0 radical (unpaired) electrons. The van der Waals surface area contributed by atoms with Crippen LogP contribution in [-0.4, -0.2) is 28.8 Å². The summed E-state index contributed by atoms with van der Waals surface area (Å²) in [5.41, 5.74) is 4.94. The van der Waals surface area contributed by atoms with E-state index >= 15 is 0 Å². The highest BCUT2D eigenvalue weighted by molar-refractivity contribution is 7.19. The van der Waals surface area contributed by atoms with Gasteiger partial charge < -0.3 is 9.47 Å². The fraction of sp³-hybridized carbons (Fsp3) is 0.208. The summed E-state index contributed by atoms with van der Waals surface area (Å²) in [4.78, 5) is 31.9. The van der Waals surface area contributed by atoms with Crippen molar-refractivity contribution in [2.24, 2.45) is 0 Å². The third-order valence-electron chi connectivity index (χ3n) is 5.09. The lowest BCUT2D eigenvalue weighted by molar-refractivity contribution is -0.128. The fourth-order valence-electron chi connectivity index (χ4n) is 3.40. The molecule has 0 aliphatic rings. The normalized spacial score (nSPS) is 12.0. The average Bonchev–Trinajstić information content (AvgIpc) is 3.16. The van der Waals surface area contributed by atoms with E-state index in [-0.39, 0.29) is 12.2 Å². The fourth-order valence-corrected chi connectivity index (χ4v) is 4.41. The van der Waals surface area contributed by atoms with Gasteiger partial charge in [-0.1, -0.05) is 42.5 Å². The molecule has 1 unspecified atom stereocenters. The van der Waals surface area contributed by atoms with E-state index in [0.717, 1.165) is 32.0 Å². The number of hydrogen-bond acceptors (Lipinski definition) is 6. The quantitative estimate of drug-likeness (QED) is 0.459. The molecule has 4 aromatic rings. The van der Waals surface area contributed by atoms with Crippen molar-refractivity contribution in [3.05, 3.63) is 81.7 Å². The van der Waals surface area contributed by atoms with E-state index in [4.69, 9.17) is 9.47 Å². The van der Waals surface area contributed by atoms with Gasteiger partial charge in [0.1, 0.15) is 23.0 Å². The Bertz CT molecular complexity index is 1310. The predicted octanol–water partition coefficient (Wildman–Crippen LogP) is 4.12. The van der Waals surface area contributed by atoms with Crippen LogP contribution in [0.5, 0.6) is 5.75 Å². The second kappa shape index (κ2) is 9.33. The molecule has 1 N–H and O–H groups in total. The Kier molecular flexibility index (Phi) is 6.34. The molecular formula is C24H23N3O4S. The number of rotatable bonds is 7. The van der Waals surface area contributed by atoms with Gasteiger partial charge in [-0.25, -0.2) is 9.66 Å². The molecule has 0 aliphatic heterocycles. The first-order chi connectivity index (χ1) is 15.5. The molecule has 8 heteroatoms. The molecule has 1 amide bonds. The minimum atomic E-state index is -0.776. The monoisotopic (exact) mass is 449 g/mol. The van der Waals surface area contributed by atoms with Crippen LogP contribution in [0, 0.1) is 6.92 Å². The van der Waals surface area contributed by atoms with Gasteiger partial charge in [0.15, 0.2) is 0 Å². The van der Waals surface area contributed by atoms with Gasteiger partial charge in [0, 0.05) is 10.4 Å². The van der Waals surface area contributed by atoms with Crippen LogP contribution in [0.2, 0.25) is 0 Å². The van der Waals surface area contributed by atoms with Gasteiger partial charge in [0.2, 0.25) is 0 Å².